The Kier molecular flexibility index (Phi) is 6.47. The van der Waals surface area contributed by atoms with Gasteiger partial charge in [0, 0.05) is 24.3 Å². The zero-order valence-corrected chi connectivity index (χ0v) is 14.2. The van der Waals surface area contributed by atoms with Gasteiger partial charge in [0.2, 0.25) is 5.91 Å². The Morgan fingerprint density at radius 2 is 2.09 bits per heavy atom. The number of thiol groups is 1. The summed E-state index contributed by atoms with van der Waals surface area (Å²) >= 11 is 4.14. The minimum absolute atomic E-state index is 0.0240. The normalized spacial score (nSPS) is 22.1. The molecule has 1 aliphatic rings. The molecule has 126 valence electrons. The fourth-order valence-corrected chi connectivity index (χ4v) is 3.04. The van der Waals surface area contributed by atoms with Crippen LogP contribution in [0.25, 0.3) is 0 Å². The van der Waals surface area contributed by atoms with Crippen LogP contribution in [-0.4, -0.2) is 52.8 Å². The number of aliphatic carboxylic acids is 1. The Labute approximate surface area is 142 Å². The first-order chi connectivity index (χ1) is 11.0. The number of likely N-dealkylation sites (tertiary alicyclic amines) is 1. The van der Waals surface area contributed by atoms with Gasteiger partial charge in [-0.15, -0.1) is 0 Å². The Hall–Kier alpha value is -1.53. The van der Waals surface area contributed by atoms with E-state index in [1.54, 1.807) is 6.92 Å². The Balaban J connectivity index is 1.89. The van der Waals surface area contributed by atoms with Gasteiger partial charge in [-0.1, -0.05) is 37.3 Å². The van der Waals surface area contributed by atoms with Crippen LogP contribution in [0.4, 0.5) is 0 Å². The molecule has 6 heteroatoms. The van der Waals surface area contributed by atoms with Crippen LogP contribution >= 0.6 is 12.6 Å². The summed E-state index contributed by atoms with van der Waals surface area (Å²) in [5.74, 6) is -0.895. The molecule has 1 amide bonds. The van der Waals surface area contributed by atoms with E-state index in [1.165, 1.54) is 10.5 Å². The Morgan fingerprint density at radius 1 is 1.39 bits per heavy atom. The molecule has 1 saturated heterocycles. The van der Waals surface area contributed by atoms with Crippen LogP contribution in [0.2, 0.25) is 0 Å². The van der Waals surface area contributed by atoms with Crippen molar-refractivity contribution in [1.29, 1.82) is 0 Å². The molecule has 0 radical (unpaired) electrons. The van der Waals surface area contributed by atoms with Crippen molar-refractivity contribution in [2.75, 3.05) is 18.8 Å². The number of carbonyl (C=O) groups is 2. The fourth-order valence-electron chi connectivity index (χ4n) is 2.89. The molecule has 1 fully saturated rings. The highest BCUT2D eigenvalue weighted by atomic mass is 32.1. The molecular formula is C17H24N2O3S. The number of nitrogens with zero attached hydrogens (tertiary/aromatic N) is 1. The highest BCUT2D eigenvalue weighted by Crippen LogP contribution is 2.21. The lowest BCUT2D eigenvalue weighted by Crippen LogP contribution is -2.44. The number of hydrogen-bond donors (Lipinski definition) is 3. The van der Waals surface area contributed by atoms with E-state index >= 15 is 0 Å². The first kappa shape index (κ1) is 17.8. The smallest absolute Gasteiger partial charge is 0.326 e. The number of hydrogen-bond acceptors (Lipinski definition) is 4. The molecule has 5 nitrogen and oxygen atoms in total. The molecule has 2 rings (SSSR count). The molecule has 1 aromatic carbocycles. The minimum Gasteiger partial charge on any atom is -0.480 e. The third-order valence-corrected chi connectivity index (χ3v) is 4.80. The van der Waals surface area contributed by atoms with Crippen molar-refractivity contribution in [2.45, 2.75) is 31.8 Å². The predicted molar refractivity (Wildman–Crippen MR) is 92.7 cm³/mol. The predicted octanol–water partition coefficient (Wildman–Crippen LogP) is 1.44. The molecule has 1 aromatic rings. The van der Waals surface area contributed by atoms with Gasteiger partial charge < -0.3 is 15.3 Å². The second kappa shape index (κ2) is 8.36. The van der Waals surface area contributed by atoms with Gasteiger partial charge >= 0.3 is 5.97 Å². The van der Waals surface area contributed by atoms with Crippen LogP contribution in [-0.2, 0) is 16.0 Å². The largest absolute Gasteiger partial charge is 0.480 e. The monoisotopic (exact) mass is 336 g/mol. The zero-order valence-electron chi connectivity index (χ0n) is 13.3. The highest BCUT2D eigenvalue weighted by Gasteiger charge is 2.40. The second-order valence-electron chi connectivity index (χ2n) is 6.05. The van der Waals surface area contributed by atoms with E-state index in [-0.39, 0.29) is 17.9 Å². The average Bonchev–Trinajstić information content (AvgIpc) is 2.99. The molecular weight excluding hydrogens is 312 g/mol. The number of carbonyl (C=O) groups excluding carboxylic acids is 1. The standard InChI is InChI=1S/C17H24N2O3S/c1-12(11-23)16(20)19-10-14(9-15(19)17(21)22)18-8-7-13-5-3-2-4-6-13/h2-6,12,14-15,18,23H,7-11H2,1H3,(H,21,22)/t12?,14?,15-/m0/s1. The van der Waals surface area contributed by atoms with Crippen LogP contribution in [0.3, 0.4) is 0 Å². The lowest BCUT2D eigenvalue weighted by Gasteiger charge is -2.24. The van der Waals surface area contributed by atoms with Crippen LogP contribution in [0.15, 0.2) is 30.3 Å². The van der Waals surface area contributed by atoms with Crippen LogP contribution < -0.4 is 5.32 Å². The molecule has 0 saturated carbocycles. The number of benzene rings is 1. The van der Waals surface area contributed by atoms with Gasteiger partial charge in [-0.25, -0.2) is 4.79 Å². The summed E-state index contributed by atoms with van der Waals surface area (Å²) < 4.78 is 0. The molecule has 1 aliphatic heterocycles. The topological polar surface area (TPSA) is 69.6 Å². The van der Waals surface area contributed by atoms with Crippen molar-refractivity contribution in [3.05, 3.63) is 35.9 Å². The van der Waals surface area contributed by atoms with E-state index in [0.29, 0.717) is 18.7 Å². The summed E-state index contributed by atoms with van der Waals surface area (Å²) in [5, 5.41) is 12.7. The summed E-state index contributed by atoms with van der Waals surface area (Å²) in [7, 11) is 0. The zero-order chi connectivity index (χ0) is 16.8. The maximum atomic E-state index is 12.3. The molecule has 2 unspecified atom stereocenters. The van der Waals surface area contributed by atoms with E-state index < -0.39 is 12.0 Å². The lowest BCUT2D eigenvalue weighted by atomic mass is 10.1. The quantitative estimate of drug-likeness (QED) is 0.659. The van der Waals surface area contributed by atoms with E-state index in [2.05, 4.69) is 30.1 Å². The van der Waals surface area contributed by atoms with Crippen molar-refractivity contribution >= 4 is 24.5 Å². The molecule has 0 aromatic heterocycles. The number of carboxylic acids is 1. The van der Waals surface area contributed by atoms with Crippen molar-refractivity contribution in [3.63, 3.8) is 0 Å². The average molecular weight is 336 g/mol. The molecule has 2 N–H and O–H groups in total. The van der Waals surface area contributed by atoms with Gasteiger partial charge in [-0.3, -0.25) is 4.79 Å². The SMILES string of the molecule is CC(CS)C(=O)N1CC(NCCc2ccccc2)C[C@H]1C(=O)O. The maximum Gasteiger partial charge on any atom is 0.326 e. The van der Waals surface area contributed by atoms with Gasteiger partial charge in [0.25, 0.3) is 0 Å². The number of rotatable bonds is 7. The summed E-state index contributed by atoms with van der Waals surface area (Å²) in [6, 6.07) is 9.42. The number of nitrogens with one attached hydrogen (secondary N) is 1. The van der Waals surface area contributed by atoms with Crippen LogP contribution in [0.1, 0.15) is 18.9 Å². The van der Waals surface area contributed by atoms with Gasteiger partial charge in [0.05, 0.1) is 0 Å². The first-order valence-electron chi connectivity index (χ1n) is 7.94. The van der Waals surface area contributed by atoms with E-state index in [0.717, 1.165) is 13.0 Å². The van der Waals surface area contributed by atoms with E-state index in [9.17, 15) is 14.7 Å². The first-order valence-corrected chi connectivity index (χ1v) is 8.57. The number of carboxylic acid groups (broad SMARTS) is 1. The van der Waals surface area contributed by atoms with Gasteiger partial charge in [0.15, 0.2) is 0 Å². The van der Waals surface area contributed by atoms with Gasteiger partial charge in [-0.2, -0.15) is 12.6 Å². The Morgan fingerprint density at radius 3 is 2.70 bits per heavy atom. The second-order valence-corrected chi connectivity index (χ2v) is 6.42. The summed E-state index contributed by atoms with van der Waals surface area (Å²) in [5.41, 5.74) is 1.24. The third-order valence-electron chi connectivity index (χ3n) is 4.25. The summed E-state index contributed by atoms with van der Waals surface area (Å²) in [6.45, 7) is 3.00. The van der Waals surface area contributed by atoms with Crippen molar-refractivity contribution in [1.82, 2.24) is 10.2 Å². The molecule has 1 heterocycles. The van der Waals surface area contributed by atoms with Crippen molar-refractivity contribution in [3.8, 4) is 0 Å². The van der Waals surface area contributed by atoms with Gasteiger partial charge in [-0.05, 0) is 24.9 Å². The molecule has 0 aliphatic carbocycles. The molecule has 0 spiro atoms. The highest BCUT2D eigenvalue weighted by molar-refractivity contribution is 7.80. The molecule has 0 bridgehead atoms. The van der Waals surface area contributed by atoms with Gasteiger partial charge in [0.1, 0.15) is 6.04 Å². The molecule has 3 atom stereocenters. The van der Waals surface area contributed by atoms with E-state index in [1.807, 2.05) is 18.2 Å². The maximum absolute atomic E-state index is 12.3. The van der Waals surface area contributed by atoms with Crippen molar-refractivity contribution in [2.24, 2.45) is 5.92 Å². The van der Waals surface area contributed by atoms with Crippen molar-refractivity contribution < 1.29 is 14.7 Å². The summed E-state index contributed by atoms with van der Waals surface area (Å²) in [6.07, 6.45) is 1.34. The fraction of sp³-hybridized carbons (Fsp3) is 0.529. The van der Waals surface area contributed by atoms with E-state index in [4.69, 9.17) is 0 Å². The number of amides is 1. The lowest BCUT2D eigenvalue weighted by molar-refractivity contribution is -0.149. The van der Waals surface area contributed by atoms with Crippen LogP contribution in [0.5, 0.6) is 0 Å². The Bertz CT molecular complexity index is 538. The third kappa shape index (κ3) is 4.72. The summed E-state index contributed by atoms with van der Waals surface area (Å²) in [4.78, 5) is 25.2. The van der Waals surface area contributed by atoms with Crippen LogP contribution in [0, 0.1) is 5.92 Å². The molecule has 23 heavy (non-hydrogen) atoms. The minimum atomic E-state index is -0.933.